The SMILES string of the molecule is CCCCNC(=O)[C@H](CC)N(Cc1ccccc1Cl)C(=O)COc1ccc(C(C)C)cc1Br. The molecule has 0 spiro atoms. The molecule has 0 saturated heterocycles. The standard InChI is InChI=1S/C26H34BrClN2O3/c1-5-7-14-29-26(32)23(6-2)30(16-20-10-8-9-11-22(20)28)25(31)17-33-24-13-12-19(18(3)4)15-21(24)27/h8-13,15,18,23H,5-7,14,16-17H2,1-4H3,(H,29,32)/t23-/m0/s1. The van der Waals surface area contributed by atoms with Gasteiger partial charge >= 0.3 is 0 Å². The number of nitrogens with zero attached hydrogens (tertiary/aromatic N) is 1. The average Bonchev–Trinajstić information content (AvgIpc) is 2.79. The molecule has 0 unspecified atom stereocenters. The first-order valence-corrected chi connectivity index (χ1v) is 12.7. The number of unbranched alkanes of at least 4 members (excludes halogenated alkanes) is 1. The van der Waals surface area contributed by atoms with Gasteiger partial charge in [-0.25, -0.2) is 0 Å². The minimum absolute atomic E-state index is 0.158. The zero-order chi connectivity index (χ0) is 24.4. The Morgan fingerprint density at radius 2 is 1.88 bits per heavy atom. The van der Waals surface area contributed by atoms with Crippen molar-refractivity contribution in [1.29, 1.82) is 0 Å². The highest BCUT2D eigenvalue weighted by atomic mass is 79.9. The van der Waals surface area contributed by atoms with Crippen molar-refractivity contribution in [1.82, 2.24) is 10.2 Å². The van der Waals surface area contributed by atoms with E-state index in [-0.39, 0.29) is 25.0 Å². The predicted molar refractivity (Wildman–Crippen MR) is 138 cm³/mol. The molecule has 7 heteroatoms. The number of hydrogen-bond acceptors (Lipinski definition) is 3. The topological polar surface area (TPSA) is 58.6 Å². The number of hydrogen-bond donors (Lipinski definition) is 1. The Hall–Kier alpha value is -2.05. The molecule has 2 amide bonds. The number of amides is 2. The van der Waals surface area contributed by atoms with Gasteiger partial charge in [-0.05, 0) is 64.0 Å². The van der Waals surface area contributed by atoms with Crippen LogP contribution in [0.4, 0.5) is 0 Å². The van der Waals surface area contributed by atoms with Crippen molar-refractivity contribution in [3.05, 3.63) is 63.1 Å². The fraction of sp³-hybridized carbons (Fsp3) is 0.462. The van der Waals surface area contributed by atoms with Crippen LogP contribution in [-0.2, 0) is 16.1 Å². The third kappa shape index (κ3) is 8.04. The molecule has 0 saturated carbocycles. The summed E-state index contributed by atoms with van der Waals surface area (Å²) in [6.07, 6.45) is 2.36. The van der Waals surface area contributed by atoms with Gasteiger partial charge in [0.25, 0.3) is 5.91 Å². The van der Waals surface area contributed by atoms with Gasteiger partial charge in [0.1, 0.15) is 11.8 Å². The average molecular weight is 538 g/mol. The summed E-state index contributed by atoms with van der Waals surface area (Å²) in [5, 5.41) is 3.52. The Labute approximate surface area is 211 Å². The van der Waals surface area contributed by atoms with Gasteiger partial charge in [-0.2, -0.15) is 0 Å². The van der Waals surface area contributed by atoms with Gasteiger partial charge in [0.15, 0.2) is 6.61 Å². The number of halogens is 2. The second kappa shape index (κ2) is 13.6. The lowest BCUT2D eigenvalue weighted by molar-refractivity contribution is -0.143. The van der Waals surface area contributed by atoms with E-state index in [9.17, 15) is 9.59 Å². The van der Waals surface area contributed by atoms with Crippen LogP contribution in [-0.4, -0.2) is 35.9 Å². The van der Waals surface area contributed by atoms with Gasteiger partial charge in [-0.1, -0.05) is 70.0 Å². The molecule has 5 nitrogen and oxygen atoms in total. The molecule has 33 heavy (non-hydrogen) atoms. The number of carbonyl (C=O) groups excluding carboxylic acids is 2. The van der Waals surface area contributed by atoms with Gasteiger partial charge in [-0.3, -0.25) is 9.59 Å². The highest BCUT2D eigenvalue weighted by Gasteiger charge is 2.29. The Morgan fingerprint density at radius 1 is 1.15 bits per heavy atom. The van der Waals surface area contributed by atoms with Crippen LogP contribution in [0, 0.1) is 0 Å². The molecular weight excluding hydrogens is 504 g/mol. The number of benzene rings is 2. The van der Waals surface area contributed by atoms with Gasteiger partial charge in [0.2, 0.25) is 5.91 Å². The van der Waals surface area contributed by atoms with Crippen LogP contribution in [0.15, 0.2) is 46.9 Å². The van der Waals surface area contributed by atoms with Crippen LogP contribution in [0.25, 0.3) is 0 Å². The van der Waals surface area contributed by atoms with E-state index < -0.39 is 6.04 Å². The van der Waals surface area contributed by atoms with E-state index >= 15 is 0 Å². The molecule has 0 bridgehead atoms. The molecule has 0 aliphatic rings. The molecule has 0 radical (unpaired) electrons. The predicted octanol–water partition coefficient (Wildman–Crippen LogP) is 6.33. The van der Waals surface area contributed by atoms with Crippen LogP contribution < -0.4 is 10.1 Å². The maximum atomic E-state index is 13.3. The van der Waals surface area contributed by atoms with E-state index in [0.29, 0.717) is 29.7 Å². The molecule has 1 N–H and O–H groups in total. The number of rotatable bonds is 12. The first kappa shape index (κ1) is 27.2. The van der Waals surface area contributed by atoms with Gasteiger partial charge < -0.3 is 15.0 Å². The van der Waals surface area contributed by atoms with Gasteiger partial charge in [0.05, 0.1) is 4.47 Å². The quantitative estimate of drug-likeness (QED) is 0.322. The molecule has 2 aromatic carbocycles. The van der Waals surface area contributed by atoms with Crippen molar-refractivity contribution in [3.63, 3.8) is 0 Å². The minimum Gasteiger partial charge on any atom is -0.483 e. The van der Waals surface area contributed by atoms with E-state index in [1.54, 1.807) is 11.0 Å². The maximum absolute atomic E-state index is 13.3. The smallest absolute Gasteiger partial charge is 0.261 e. The number of carbonyl (C=O) groups is 2. The van der Waals surface area contributed by atoms with Gasteiger partial charge in [0, 0.05) is 18.1 Å². The monoisotopic (exact) mass is 536 g/mol. The second-order valence-electron chi connectivity index (χ2n) is 8.31. The Kier molecular flexibility index (Phi) is 11.2. The third-order valence-electron chi connectivity index (χ3n) is 5.49. The summed E-state index contributed by atoms with van der Waals surface area (Å²) in [4.78, 5) is 27.8. The summed E-state index contributed by atoms with van der Waals surface area (Å²) in [5.74, 6) is 0.548. The van der Waals surface area contributed by atoms with Crippen molar-refractivity contribution in [2.24, 2.45) is 0 Å². The largest absolute Gasteiger partial charge is 0.483 e. The first-order chi connectivity index (χ1) is 15.8. The Morgan fingerprint density at radius 3 is 2.48 bits per heavy atom. The molecule has 2 aromatic rings. The molecule has 2 rings (SSSR count). The van der Waals surface area contributed by atoms with Crippen LogP contribution >= 0.6 is 27.5 Å². The molecular formula is C26H34BrClN2O3. The summed E-state index contributed by atoms with van der Waals surface area (Å²) in [7, 11) is 0. The summed E-state index contributed by atoms with van der Waals surface area (Å²) in [6.45, 7) is 8.85. The van der Waals surface area contributed by atoms with E-state index in [4.69, 9.17) is 16.3 Å². The van der Waals surface area contributed by atoms with E-state index in [1.807, 2.05) is 43.3 Å². The fourth-order valence-corrected chi connectivity index (χ4v) is 4.16. The Balaban J connectivity index is 2.21. The summed E-state index contributed by atoms with van der Waals surface area (Å²) >= 11 is 9.90. The summed E-state index contributed by atoms with van der Waals surface area (Å²) in [5.41, 5.74) is 1.96. The first-order valence-electron chi connectivity index (χ1n) is 11.5. The van der Waals surface area contributed by atoms with Crippen LogP contribution in [0.1, 0.15) is 64.0 Å². The zero-order valence-corrected chi connectivity index (χ0v) is 22.2. The lowest BCUT2D eigenvalue weighted by Gasteiger charge is -2.31. The van der Waals surface area contributed by atoms with E-state index in [0.717, 1.165) is 22.9 Å². The van der Waals surface area contributed by atoms with Crippen LogP contribution in [0.3, 0.4) is 0 Å². The Bertz CT molecular complexity index is 936. The lowest BCUT2D eigenvalue weighted by atomic mass is 10.0. The summed E-state index contributed by atoms with van der Waals surface area (Å²) in [6, 6.07) is 12.6. The van der Waals surface area contributed by atoms with Crippen molar-refractivity contribution in [3.8, 4) is 5.75 Å². The summed E-state index contributed by atoms with van der Waals surface area (Å²) < 4.78 is 6.65. The second-order valence-corrected chi connectivity index (χ2v) is 9.58. The normalized spacial score (nSPS) is 11.8. The fourth-order valence-electron chi connectivity index (χ4n) is 3.45. The third-order valence-corrected chi connectivity index (χ3v) is 6.48. The highest BCUT2D eigenvalue weighted by Crippen LogP contribution is 2.29. The van der Waals surface area contributed by atoms with Crippen molar-refractivity contribution in [2.45, 2.75) is 65.5 Å². The molecule has 0 aliphatic heterocycles. The van der Waals surface area contributed by atoms with E-state index in [1.165, 1.54) is 5.56 Å². The lowest BCUT2D eigenvalue weighted by Crippen LogP contribution is -2.50. The molecule has 1 atom stereocenters. The molecule has 0 fully saturated rings. The van der Waals surface area contributed by atoms with Gasteiger partial charge in [-0.15, -0.1) is 0 Å². The minimum atomic E-state index is -0.610. The zero-order valence-electron chi connectivity index (χ0n) is 19.9. The number of ether oxygens (including phenoxy) is 1. The van der Waals surface area contributed by atoms with Crippen LogP contribution in [0.5, 0.6) is 5.75 Å². The molecule has 0 aromatic heterocycles. The molecule has 0 aliphatic carbocycles. The van der Waals surface area contributed by atoms with Crippen molar-refractivity contribution >= 4 is 39.3 Å². The molecule has 180 valence electrons. The number of nitrogens with one attached hydrogen (secondary N) is 1. The highest BCUT2D eigenvalue weighted by molar-refractivity contribution is 9.10. The van der Waals surface area contributed by atoms with Crippen LogP contribution in [0.2, 0.25) is 5.02 Å². The molecule has 0 heterocycles. The van der Waals surface area contributed by atoms with E-state index in [2.05, 4.69) is 42.0 Å². The van der Waals surface area contributed by atoms with Crippen molar-refractivity contribution < 1.29 is 14.3 Å². The maximum Gasteiger partial charge on any atom is 0.261 e. The van der Waals surface area contributed by atoms with Crippen molar-refractivity contribution in [2.75, 3.05) is 13.2 Å².